The minimum Gasteiger partial charge on any atom is -0.480 e. The van der Waals surface area contributed by atoms with Crippen LogP contribution >= 0.6 is 0 Å². The van der Waals surface area contributed by atoms with Gasteiger partial charge in [-0.25, -0.2) is 18.0 Å². The van der Waals surface area contributed by atoms with Crippen molar-refractivity contribution in [3.63, 3.8) is 0 Å². The van der Waals surface area contributed by atoms with E-state index in [1.54, 1.807) is 6.92 Å². The summed E-state index contributed by atoms with van der Waals surface area (Å²) in [5, 5.41) is 11.2. The lowest BCUT2D eigenvalue weighted by Gasteiger charge is -2.25. The van der Waals surface area contributed by atoms with Crippen molar-refractivity contribution in [2.75, 3.05) is 0 Å². The van der Waals surface area contributed by atoms with Crippen LogP contribution in [0.3, 0.4) is 0 Å². The Morgan fingerprint density at radius 2 is 1.85 bits per heavy atom. The van der Waals surface area contributed by atoms with Crippen LogP contribution < -0.4 is 5.32 Å². The first-order chi connectivity index (χ1) is 9.23. The molecular weight excluding hydrogens is 275 g/mol. The summed E-state index contributed by atoms with van der Waals surface area (Å²) in [6, 6.07) is 1.36. The van der Waals surface area contributed by atoms with Crippen LogP contribution in [0.2, 0.25) is 0 Å². The fourth-order valence-corrected chi connectivity index (χ4v) is 1.74. The van der Waals surface area contributed by atoms with Gasteiger partial charge in [0, 0.05) is 0 Å². The smallest absolute Gasteiger partial charge is 0.329 e. The Kier molecular flexibility index (Phi) is 4.75. The lowest BCUT2D eigenvalue weighted by atomic mass is 9.95. The number of benzene rings is 1. The first kappa shape index (κ1) is 16.0. The Hall–Kier alpha value is -2.05. The van der Waals surface area contributed by atoms with Gasteiger partial charge < -0.3 is 10.4 Å². The molecule has 2 N–H and O–H groups in total. The summed E-state index contributed by atoms with van der Waals surface area (Å²) in [4.78, 5) is 23.0. The van der Waals surface area contributed by atoms with Crippen LogP contribution in [0, 0.1) is 17.5 Å². The van der Waals surface area contributed by atoms with Gasteiger partial charge >= 0.3 is 5.97 Å². The molecule has 0 aliphatic carbocycles. The molecule has 110 valence electrons. The molecule has 0 aromatic heterocycles. The molecule has 0 bridgehead atoms. The number of carboxylic acid groups (broad SMARTS) is 1. The Morgan fingerprint density at radius 1 is 1.25 bits per heavy atom. The number of nitrogens with one attached hydrogen (secondary N) is 1. The van der Waals surface area contributed by atoms with Crippen LogP contribution in [0.15, 0.2) is 12.1 Å². The minimum absolute atomic E-state index is 0.110. The van der Waals surface area contributed by atoms with Gasteiger partial charge in [0.1, 0.15) is 5.54 Å². The van der Waals surface area contributed by atoms with Crippen molar-refractivity contribution in [3.05, 3.63) is 35.1 Å². The minimum atomic E-state index is -1.77. The number of hydrogen-bond donors (Lipinski definition) is 2. The molecule has 0 heterocycles. The predicted octanol–water partition coefficient (Wildman–Crippen LogP) is 2.48. The molecule has 0 aliphatic heterocycles. The molecule has 7 heteroatoms. The summed E-state index contributed by atoms with van der Waals surface area (Å²) < 4.78 is 39.3. The lowest BCUT2D eigenvalue weighted by molar-refractivity contribution is -0.144. The van der Waals surface area contributed by atoms with E-state index in [9.17, 15) is 22.8 Å². The van der Waals surface area contributed by atoms with E-state index in [4.69, 9.17) is 5.11 Å². The monoisotopic (exact) mass is 289 g/mol. The van der Waals surface area contributed by atoms with E-state index in [0.29, 0.717) is 12.5 Å². The fourth-order valence-electron chi connectivity index (χ4n) is 1.74. The number of carboxylic acids is 1. The average molecular weight is 289 g/mol. The van der Waals surface area contributed by atoms with E-state index in [2.05, 4.69) is 5.32 Å². The molecule has 0 radical (unpaired) electrons. The van der Waals surface area contributed by atoms with Gasteiger partial charge in [-0.15, -0.1) is 0 Å². The molecule has 0 fully saturated rings. The zero-order valence-electron chi connectivity index (χ0n) is 11.0. The fraction of sp³-hybridized carbons (Fsp3) is 0.385. The van der Waals surface area contributed by atoms with E-state index in [0.717, 1.165) is 6.07 Å². The Balaban J connectivity index is 3.07. The van der Waals surface area contributed by atoms with Crippen LogP contribution in [-0.4, -0.2) is 22.5 Å². The van der Waals surface area contributed by atoms with Crippen molar-refractivity contribution in [1.29, 1.82) is 0 Å². The van der Waals surface area contributed by atoms with Crippen molar-refractivity contribution >= 4 is 11.9 Å². The van der Waals surface area contributed by atoms with E-state index in [1.165, 1.54) is 6.92 Å². The molecule has 0 aliphatic rings. The highest BCUT2D eigenvalue weighted by Crippen LogP contribution is 2.18. The van der Waals surface area contributed by atoms with E-state index in [-0.39, 0.29) is 6.42 Å². The van der Waals surface area contributed by atoms with E-state index in [1.807, 2.05) is 0 Å². The summed E-state index contributed by atoms with van der Waals surface area (Å²) >= 11 is 0. The maximum atomic E-state index is 13.5. The maximum Gasteiger partial charge on any atom is 0.329 e. The number of amides is 1. The third-order valence-electron chi connectivity index (χ3n) is 2.89. The van der Waals surface area contributed by atoms with Crippen LogP contribution in [0.25, 0.3) is 0 Å². The molecule has 0 saturated heterocycles. The highest BCUT2D eigenvalue weighted by molar-refractivity contribution is 5.98. The largest absolute Gasteiger partial charge is 0.480 e. The topological polar surface area (TPSA) is 66.4 Å². The molecule has 20 heavy (non-hydrogen) atoms. The summed E-state index contributed by atoms with van der Waals surface area (Å²) in [5.74, 6) is -7.25. The number of halogens is 3. The third kappa shape index (κ3) is 3.09. The zero-order valence-corrected chi connectivity index (χ0v) is 11.0. The summed E-state index contributed by atoms with van der Waals surface area (Å²) in [7, 11) is 0. The van der Waals surface area contributed by atoms with Crippen molar-refractivity contribution in [1.82, 2.24) is 5.32 Å². The molecule has 4 nitrogen and oxygen atoms in total. The summed E-state index contributed by atoms with van der Waals surface area (Å²) in [6.45, 7) is 2.97. The lowest BCUT2D eigenvalue weighted by Crippen LogP contribution is -2.52. The van der Waals surface area contributed by atoms with Gasteiger partial charge in [0.25, 0.3) is 5.91 Å². The van der Waals surface area contributed by atoms with Gasteiger partial charge in [-0.05, 0) is 25.5 Å². The molecule has 1 rings (SSSR count). The quantitative estimate of drug-likeness (QED) is 0.818. The molecule has 1 aromatic carbocycles. The summed E-state index contributed by atoms with van der Waals surface area (Å²) in [6.07, 6.45) is 0.572. The predicted molar refractivity (Wildman–Crippen MR) is 64.7 cm³/mol. The van der Waals surface area contributed by atoms with E-state index >= 15 is 0 Å². The third-order valence-corrected chi connectivity index (χ3v) is 2.89. The van der Waals surface area contributed by atoms with Crippen LogP contribution in [0.5, 0.6) is 0 Å². The van der Waals surface area contributed by atoms with Crippen LogP contribution in [0.4, 0.5) is 13.2 Å². The van der Waals surface area contributed by atoms with Gasteiger partial charge in [0.15, 0.2) is 17.5 Å². The normalized spacial score (nSPS) is 13.7. The van der Waals surface area contributed by atoms with Gasteiger partial charge in [-0.1, -0.05) is 13.3 Å². The Morgan fingerprint density at radius 3 is 2.35 bits per heavy atom. The molecule has 1 atom stereocenters. The second-order valence-corrected chi connectivity index (χ2v) is 4.56. The van der Waals surface area contributed by atoms with Crippen LogP contribution in [-0.2, 0) is 4.79 Å². The second kappa shape index (κ2) is 5.94. The standard InChI is InChI=1S/C13H14F3NO3/c1-3-6-13(2,12(19)20)17-11(18)7-4-5-8(14)10(16)9(7)15/h4-5H,3,6H2,1-2H3,(H,17,18)(H,19,20). The number of aliphatic carboxylic acids is 1. The van der Waals surface area contributed by atoms with Crippen molar-refractivity contribution < 1.29 is 27.9 Å². The average Bonchev–Trinajstić information content (AvgIpc) is 2.36. The number of hydrogen-bond acceptors (Lipinski definition) is 2. The number of carbonyl (C=O) groups is 2. The zero-order chi connectivity index (χ0) is 15.5. The van der Waals surface area contributed by atoms with Crippen LogP contribution in [0.1, 0.15) is 37.0 Å². The SMILES string of the molecule is CCCC(C)(NC(=O)c1ccc(F)c(F)c1F)C(=O)O. The number of carbonyl (C=O) groups excluding carboxylic acids is 1. The molecule has 1 amide bonds. The Labute approximate surface area is 113 Å². The molecular formula is C13H14F3NO3. The first-order valence-electron chi connectivity index (χ1n) is 5.92. The maximum absolute atomic E-state index is 13.5. The highest BCUT2D eigenvalue weighted by atomic mass is 19.2. The summed E-state index contributed by atoms with van der Waals surface area (Å²) in [5.41, 5.74) is -2.35. The van der Waals surface area contributed by atoms with Gasteiger partial charge in [0.2, 0.25) is 0 Å². The van der Waals surface area contributed by atoms with Gasteiger partial charge in [0.05, 0.1) is 5.56 Å². The van der Waals surface area contributed by atoms with Crippen molar-refractivity contribution in [2.24, 2.45) is 0 Å². The van der Waals surface area contributed by atoms with Gasteiger partial charge in [-0.2, -0.15) is 0 Å². The van der Waals surface area contributed by atoms with Crippen molar-refractivity contribution in [3.8, 4) is 0 Å². The van der Waals surface area contributed by atoms with E-state index < -0.39 is 40.4 Å². The molecule has 0 saturated carbocycles. The molecule has 0 spiro atoms. The highest BCUT2D eigenvalue weighted by Gasteiger charge is 2.35. The second-order valence-electron chi connectivity index (χ2n) is 4.56. The van der Waals surface area contributed by atoms with Gasteiger partial charge in [-0.3, -0.25) is 4.79 Å². The number of rotatable bonds is 5. The Bertz CT molecular complexity index is 548. The molecule has 1 aromatic rings. The first-order valence-corrected chi connectivity index (χ1v) is 5.92. The molecule has 1 unspecified atom stereocenters. The van der Waals surface area contributed by atoms with Crippen molar-refractivity contribution in [2.45, 2.75) is 32.2 Å².